The highest BCUT2D eigenvalue weighted by Gasteiger charge is 2.68. The van der Waals surface area contributed by atoms with Gasteiger partial charge in [-0.1, -0.05) is 224 Å². The lowest BCUT2D eigenvalue weighted by Gasteiger charge is -2.40. The summed E-state index contributed by atoms with van der Waals surface area (Å²) in [4.78, 5) is -3.65. The third-order valence-electron chi connectivity index (χ3n) is 9.22. The van der Waals surface area contributed by atoms with Gasteiger partial charge in [-0.3, -0.25) is 0 Å². The first-order valence-corrected chi connectivity index (χ1v) is 26.2. The van der Waals surface area contributed by atoms with Crippen molar-refractivity contribution in [3.8, 4) is 5.75 Å². The molecule has 0 aliphatic heterocycles. The predicted molar refractivity (Wildman–Crippen MR) is 249 cm³/mol. The van der Waals surface area contributed by atoms with Crippen molar-refractivity contribution < 1.29 is 62.5 Å². The molecular weight excluding hydrogens is 962 g/mol. The van der Waals surface area contributed by atoms with Crippen LogP contribution >= 0.6 is 31.0 Å². The summed E-state index contributed by atoms with van der Waals surface area (Å²) in [6.45, 7) is 23.6. The van der Waals surface area contributed by atoms with Crippen LogP contribution in [-0.2, 0) is 0 Å². The van der Waals surface area contributed by atoms with Crippen molar-refractivity contribution in [2.24, 2.45) is 0 Å². The fraction of sp³-hybridized carbons (Fsp3) is 0.362. The average Bonchev–Trinajstić information content (AvgIpc) is 3.13. The molecule has 5 aromatic rings. The molecule has 0 spiro atoms. The highest BCUT2D eigenvalue weighted by Crippen LogP contribution is 3.03. The van der Waals surface area contributed by atoms with E-state index in [9.17, 15) is 58.3 Å². The lowest BCUT2D eigenvalue weighted by atomic mass is 10.0. The number of benzene rings is 5. The molecule has 0 unspecified atom stereocenters. The van der Waals surface area contributed by atoms with Crippen LogP contribution in [-0.4, -0.2) is 0 Å². The minimum absolute atomic E-state index is 0.0116. The zero-order valence-corrected chi connectivity index (χ0v) is 41.2. The second-order valence-corrected chi connectivity index (χ2v) is 24.0. The molecule has 0 saturated carbocycles. The van der Waals surface area contributed by atoms with E-state index in [2.05, 4.69) is 94.3 Å². The highest BCUT2D eigenvalue weighted by atomic mass is 32.5. The first-order valence-electron chi connectivity index (χ1n) is 20.4. The van der Waals surface area contributed by atoms with E-state index in [0.717, 1.165) is 35.9 Å². The first-order chi connectivity index (χ1) is 29.1. The molecule has 0 heterocycles. The Bertz CT molecular complexity index is 2310. The molecule has 66 heavy (non-hydrogen) atoms. The summed E-state index contributed by atoms with van der Waals surface area (Å²) in [6.07, 6.45) is 0. The first kappa shape index (κ1) is 59.9. The van der Waals surface area contributed by atoms with Crippen LogP contribution in [0, 0.1) is 13.8 Å². The Morgan fingerprint density at radius 1 is 0.318 bits per heavy atom. The maximum atomic E-state index is 12.4. The van der Waals surface area contributed by atoms with Gasteiger partial charge in [0.15, 0.2) is 0 Å². The molecule has 0 aliphatic rings. The third kappa shape index (κ3) is 24.1. The summed E-state index contributed by atoms with van der Waals surface area (Å²) in [7, 11) is -28.8. The molecule has 0 aliphatic carbocycles. The molecule has 378 valence electrons. The van der Waals surface area contributed by atoms with E-state index in [-0.39, 0.29) is 23.3 Å². The molecule has 0 amide bonds. The number of hydrogen-bond donors (Lipinski definition) is 0. The van der Waals surface area contributed by atoms with Crippen molar-refractivity contribution >= 4 is 31.0 Å². The summed E-state index contributed by atoms with van der Waals surface area (Å²) in [5, 5.41) is 0. The van der Waals surface area contributed by atoms with E-state index >= 15 is 0 Å². The fourth-order valence-corrected chi connectivity index (χ4v) is 7.11. The molecule has 19 heteroatoms. The summed E-state index contributed by atoms with van der Waals surface area (Å²) < 4.78 is 186. The quantitative estimate of drug-likeness (QED) is 0.134. The van der Waals surface area contributed by atoms with Gasteiger partial charge in [-0.25, -0.2) is 0 Å². The van der Waals surface area contributed by atoms with Crippen LogP contribution in [0.4, 0.5) is 58.3 Å². The zero-order chi connectivity index (χ0) is 51.7. The topological polar surface area (TPSA) is 9.23 Å². The second-order valence-electron chi connectivity index (χ2n) is 17.2. The van der Waals surface area contributed by atoms with Crippen molar-refractivity contribution in [1.82, 2.24) is 0 Å². The van der Waals surface area contributed by atoms with Gasteiger partial charge >= 0.3 is 31.0 Å². The van der Waals surface area contributed by atoms with Gasteiger partial charge in [-0.2, -0.15) is 0 Å². The van der Waals surface area contributed by atoms with E-state index in [4.69, 9.17) is 0 Å². The van der Waals surface area contributed by atoms with Crippen molar-refractivity contribution in [3.05, 3.63) is 160 Å². The van der Waals surface area contributed by atoms with E-state index in [0.29, 0.717) is 41.7 Å². The van der Waals surface area contributed by atoms with Crippen LogP contribution in [0.25, 0.3) is 0 Å². The van der Waals surface area contributed by atoms with Crippen molar-refractivity contribution in [2.75, 3.05) is 0 Å². The molecule has 0 aromatic heterocycles. The van der Waals surface area contributed by atoms with Crippen molar-refractivity contribution in [2.45, 2.75) is 122 Å². The van der Waals surface area contributed by atoms with Crippen LogP contribution < -0.4 is 4.18 Å². The lowest BCUT2D eigenvalue weighted by Crippen LogP contribution is -2.13. The maximum absolute atomic E-state index is 12.4. The van der Waals surface area contributed by atoms with Gasteiger partial charge in [0, 0.05) is 0 Å². The van der Waals surface area contributed by atoms with E-state index in [1.54, 1.807) is 27.7 Å². The molecule has 0 bridgehead atoms. The van der Waals surface area contributed by atoms with E-state index in [1.807, 2.05) is 13.8 Å². The minimum Gasteiger partial charge on any atom is -0.355 e. The fourth-order valence-electron chi connectivity index (χ4n) is 5.29. The van der Waals surface area contributed by atoms with Gasteiger partial charge in [0.25, 0.3) is 0 Å². The lowest BCUT2D eigenvalue weighted by molar-refractivity contribution is 0.243. The molecule has 0 atom stereocenters. The van der Waals surface area contributed by atoms with Crippen molar-refractivity contribution in [3.63, 3.8) is 0 Å². The highest BCUT2D eigenvalue weighted by molar-refractivity contribution is 8.46. The normalized spacial score (nSPS) is 15.1. The van der Waals surface area contributed by atoms with Gasteiger partial charge in [-0.15, -0.1) is 0 Å². The van der Waals surface area contributed by atoms with Gasteiger partial charge in [0.2, 0.25) is 0 Å². The molecule has 0 fully saturated rings. The number of aryl methyl sites for hydroxylation is 2. The van der Waals surface area contributed by atoms with Gasteiger partial charge in [-0.05, 0) is 108 Å². The standard InChI is InChI=1S/2C10H14.C9H11F5OS.2C9H11F5S/c1-8(2)10-6-4-9(3)5-7-10;1-8(2)10-6-4-5-9(3)7-10;1-7(2)8-3-5-9(6-4-8)15-16(10,11,12,13)14;1-7(2)8-3-5-9(6-4-8)15(10,11,12,13)14;1-7(2)8-4-3-5-9(6-8)15(10,11,12,13)14/h2*4-8H,1-3H3;3-7H,1-2H3;2*3-7H,1-2H3. The second kappa shape index (κ2) is 19.1. The van der Waals surface area contributed by atoms with Crippen LogP contribution in [0.2, 0.25) is 0 Å². The van der Waals surface area contributed by atoms with E-state index in [1.165, 1.54) is 40.5 Å². The minimum atomic E-state index is -9.84. The van der Waals surface area contributed by atoms with E-state index < -0.39 is 46.5 Å². The van der Waals surface area contributed by atoms with Crippen molar-refractivity contribution in [1.29, 1.82) is 0 Å². The van der Waals surface area contributed by atoms with Gasteiger partial charge < -0.3 is 4.18 Å². The Hall–Kier alpha value is -4.10. The summed E-state index contributed by atoms with van der Waals surface area (Å²) in [5.74, 6) is 0.306. The predicted octanol–water partition coefficient (Wildman–Crippen LogP) is 22.6. The summed E-state index contributed by atoms with van der Waals surface area (Å²) in [6, 6.07) is 28.2. The van der Waals surface area contributed by atoms with Gasteiger partial charge in [0.05, 0.1) is 0 Å². The number of rotatable bonds is 9. The van der Waals surface area contributed by atoms with Crippen LogP contribution in [0.5, 0.6) is 5.75 Å². The van der Waals surface area contributed by atoms with Gasteiger partial charge in [0.1, 0.15) is 15.5 Å². The smallest absolute Gasteiger partial charge is 0.355 e. The summed E-state index contributed by atoms with van der Waals surface area (Å²) in [5.41, 5.74) is 7.14. The SMILES string of the molecule is CC(C)c1ccc(OS(F)(F)(F)(F)F)cc1.CC(C)c1ccc(S(F)(F)(F)(F)F)cc1.CC(C)c1cccc(S(F)(F)(F)(F)F)c1.Cc1ccc(C(C)C)cc1.Cc1cccc(C(C)C)c1. The molecule has 5 aromatic carbocycles. The Morgan fingerprint density at radius 2 is 0.636 bits per heavy atom. The number of halogens is 15. The maximum Gasteiger partial charge on any atom is 0.435 e. The number of hydrogen-bond acceptors (Lipinski definition) is 1. The Kier molecular flexibility index (Phi) is 17.4. The average molecular weight is 1020 g/mol. The Morgan fingerprint density at radius 3 is 0.939 bits per heavy atom. The Labute approximate surface area is 380 Å². The zero-order valence-electron chi connectivity index (χ0n) is 38.7. The molecule has 5 rings (SSSR count). The third-order valence-corrected chi connectivity index (χ3v) is 12.0. The molecule has 0 saturated heterocycles. The molecule has 0 N–H and O–H groups in total. The summed E-state index contributed by atoms with van der Waals surface area (Å²) >= 11 is 0. The Balaban J connectivity index is 0.000000418. The molecule has 0 radical (unpaired) electrons. The largest absolute Gasteiger partial charge is 0.435 e. The monoisotopic (exact) mass is 1020 g/mol. The van der Waals surface area contributed by atoms with Crippen LogP contribution in [0.1, 0.15) is 138 Å². The van der Waals surface area contributed by atoms with Crippen LogP contribution in [0.3, 0.4) is 0 Å². The molecular formula is C47H61F15OS3. The molecule has 1 nitrogen and oxygen atoms in total. The van der Waals surface area contributed by atoms with Crippen LogP contribution in [0.15, 0.2) is 131 Å².